The van der Waals surface area contributed by atoms with Gasteiger partial charge in [-0.15, -0.1) is 5.10 Å². The van der Waals surface area contributed by atoms with Crippen LogP contribution in [0.4, 0.5) is 0 Å². The minimum atomic E-state index is -0.0593. The van der Waals surface area contributed by atoms with E-state index in [2.05, 4.69) is 26.2 Å². The molecule has 0 unspecified atom stereocenters. The van der Waals surface area contributed by atoms with E-state index in [4.69, 9.17) is 0 Å². The first-order valence-corrected chi connectivity index (χ1v) is 6.21. The van der Waals surface area contributed by atoms with Gasteiger partial charge in [-0.05, 0) is 18.6 Å². The number of carbonyl (C=O) groups excluding carboxylic acids is 1. The number of aromatic nitrogens is 3. The molecular formula is C12H12BrN3O. The van der Waals surface area contributed by atoms with Crippen LogP contribution in [0.5, 0.6) is 0 Å². The van der Waals surface area contributed by atoms with Crippen LogP contribution in [0.3, 0.4) is 0 Å². The van der Waals surface area contributed by atoms with Crippen molar-refractivity contribution >= 4 is 21.7 Å². The zero-order valence-corrected chi connectivity index (χ0v) is 11.0. The van der Waals surface area contributed by atoms with Gasteiger partial charge in [0.25, 0.3) is 0 Å². The second-order valence-corrected chi connectivity index (χ2v) is 4.51. The van der Waals surface area contributed by atoms with Crippen LogP contribution in [0.25, 0.3) is 0 Å². The first-order chi connectivity index (χ1) is 8.24. The van der Waals surface area contributed by atoms with Gasteiger partial charge < -0.3 is 0 Å². The van der Waals surface area contributed by atoms with Crippen LogP contribution < -0.4 is 0 Å². The van der Waals surface area contributed by atoms with Crippen LogP contribution in [0.15, 0.2) is 34.9 Å². The van der Waals surface area contributed by atoms with Gasteiger partial charge in [0.2, 0.25) is 5.78 Å². The molecular weight excluding hydrogens is 282 g/mol. The van der Waals surface area contributed by atoms with Crippen molar-refractivity contribution in [1.82, 2.24) is 15.0 Å². The van der Waals surface area contributed by atoms with E-state index in [-0.39, 0.29) is 5.78 Å². The molecule has 1 aromatic heterocycles. The zero-order chi connectivity index (χ0) is 12.3. The van der Waals surface area contributed by atoms with Gasteiger partial charge in [0.1, 0.15) is 5.69 Å². The maximum Gasteiger partial charge on any atom is 0.213 e. The van der Waals surface area contributed by atoms with Gasteiger partial charge in [-0.3, -0.25) is 4.79 Å². The molecule has 0 atom stereocenters. The molecule has 0 aliphatic carbocycles. The average molecular weight is 294 g/mol. The summed E-state index contributed by atoms with van der Waals surface area (Å²) in [5.74, 6) is -0.0593. The minimum absolute atomic E-state index is 0.0593. The summed E-state index contributed by atoms with van der Waals surface area (Å²) in [5.41, 5.74) is 1.16. The molecule has 0 saturated carbocycles. The Bertz CT molecular complexity index is 536. The van der Waals surface area contributed by atoms with E-state index in [9.17, 15) is 4.79 Å². The highest BCUT2D eigenvalue weighted by Gasteiger charge is 2.16. The third-order valence-electron chi connectivity index (χ3n) is 2.40. The van der Waals surface area contributed by atoms with Gasteiger partial charge in [0.15, 0.2) is 0 Å². The number of nitrogens with zero attached hydrogens (tertiary/aromatic N) is 3. The van der Waals surface area contributed by atoms with Gasteiger partial charge in [0.05, 0.1) is 6.20 Å². The molecule has 1 aromatic carbocycles. The lowest BCUT2D eigenvalue weighted by Gasteiger charge is -2.05. The van der Waals surface area contributed by atoms with Gasteiger partial charge in [-0.25, -0.2) is 4.68 Å². The predicted octanol–water partition coefficient (Wildman–Crippen LogP) is 2.68. The molecule has 17 heavy (non-hydrogen) atoms. The highest BCUT2D eigenvalue weighted by molar-refractivity contribution is 9.10. The summed E-state index contributed by atoms with van der Waals surface area (Å²) < 4.78 is 2.43. The van der Waals surface area contributed by atoms with Crippen LogP contribution in [0.1, 0.15) is 29.4 Å². The number of aryl methyl sites for hydroxylation is 1. The van der Waals surface area contributed by atoms with E-state index >= 15 is 0 Å². The fourth-order valence-corrected chi connectivity index (χ4v) is 2.06. The molecule has 0 bridgehead atoms. The number of carbonyl (C=O) groups is 1. The van der Waals surface area contributed by atoms with Crippen molar-refractivity contribution in [2.45, 2.75) is 19.9 Å². The van der Waals surface area contributed by atoms with Crippen LogP contribution in [0.2, 0.25) is 0 Å². The Morgan fingerprint density at radius 2 is 2.18 bits per heavy atom. The molecule has 0 saturated heterocycles. The topological polar surface area (TPSA) is 47.8 Å². The highest BCUT2D eigenvalue weighted by Crippen LogP contribution is 2.19. The fraction of sp³-hybridized carbons (Fsp3) is 0.250. The second-order valence-electron chi connectivity index (χ2n) is 3.65. The van der Waals surface area contributed by atoms with Crippen LogP contribution >= 0.6 is 15.9 Å². The van der Waals surface area contributed by atoms with E-state index < -0.39 is 0 Å². The van der Waals surface area contributed by atoms with E-state index in [1.807, 2.05) is 25.1 Å². The SMILES string of the molecule is CCCn1nncc1C(=O)c1ccccc1Br. The summed E-state index contributed by atoms with van der Waals surface area (Å²) in [6.07, 6.45) is 2.43. The Kier molecular flexibility index (Phi) is 3.68. The van der Waals surface area contributed by atoms with Crippen molar-refractivity contribution in [3.63, 3.8) is 0 Å². The summed E-state index contributed by atoms with van der Waals surface area (Å²) >= 11 is 3.38. The fourth-order valence-electron chi connectivity index (χ4n) is 1.59. The summed E-state index contributed by atoms with van der Waals surface area (Å²) in [5, 5.41) is 7.71. The molecule has 0 N–H and O–H groups in total. The number of hydrogen-bond acceptors (Lipinski definition) is 3. The molecule has 4 nitrogen and oxygen atoms in total. The van der Waals surface area contributed by atoms with Crippen molar-refractivity contribution < 1.29 is 4.79 Å². The smallest absolute Gasteiger partial charge is 0.213 e. The summed E-state index contributed by atoms with van der Waals surface area (Å²) in [4.78, 5) is 12.3. The lowest BCUT2D eigenvalue weighted by atomic mass is 10.1. The van der Waals surface area contributed by atoms with Crippen molar-refractivity contribution in [1.29, 1.82) is 0 Å². The number of hydrogen-bond donors (Lipinski definition) is 0. The maximum atomic E-state index is 12.3. The number of rotatable bonds is 4. The number of halogens is 1. The number of benzene rings is 1. The first-order valence-electron chi connectivity index (χ1n) is 5.41. The van der Waals surface area contributed by atoms with Crippen LogP contribution in [-0.4, -0.2) is 20.8 Å². The molecule has 2 rings (SSSR count). The van der Waals surface area contributed by atoms with E-state index in [1.165, 1.54) is 6.20 Å². The third kappa shape index (κ3) is 2.44. The molecule has 88 valence electrons. The van der Waals surface area contributed by atoms with Gasteiger partial charge >= 0.3 is 0 Å². The minimum Gasteiger partial charge on any atom is -0.287 e. The van der Waals surface area contributed by atoms with Crippen LogP contribution in [0, 0.1) is 0 Å². The van der Waals surface area contributed by atoms with Crippen molar-refractivity contribution in [2.24, 2.45) is 0 Å². The zero-order valence-electron chi connectivity index (χ0n) is 9.43. The van der Waals surface area contributed by atoms with Gasteiger partial charge in [-0.1, -0.05) is 40.2 Å². The Morgan fingerprint density at radius 3 is 2.88 bits per heavy atom. The normalized spacial score (nSPS) is 10.5. The van der Waals surface area contributed by atoms with E-state index in [1.54, 1.807) is 10.7 Å². The van der Waals surface area contributed by atoms with Crippen molar-refractivity contribution in [2.75, 3.05) is 0 Å². The largest absolute Gasteiger partial charge is 0.287 e. The number of ketones is 1. The van der Waals surface area contributed by atoms with Gasteiger partial charge in [0, 0.05) is 16.6 Å². The Balaban J connectivity index is 2.37. The predicted molar refractivity (Wildman–Crippen MR) is 67.9 cm³/mol. The van der Waals surface area contributed by atoms with E-state index in [0.29, 0.717) is 17.8 Å². The molecule has 2 aromatic rings. The molecule has 0 amide bonds. The summed E-state index contributed by atoms with van der Waals surface area (Å²) in [6, 6.07) is 7.35. The molecule has 0 aliphatic heterocycles. The van der Waals surface area contributed by atoms with Gasteiger partial charge in [-0.2, -0.15) is 0 Å². The Morgan fingerprint density at radius 1 is 1.41 bits per heavy atom. The Labute approximate surface area is 108 Å². The molecule has 0 radical (unpaired) electrons. The molecule has 0 aliphatic rings. The Hall–Kier alpha value is -1.49. The molecule has 5 heteroatoms. The third-order valence-corrected chi connectivity index (χ3v) is 3.10. The average Bonchev–Trinajstić information content (AvgIpc) is 2.78. The summed E-state index contributed by atoms with van der Waals surface area (Å²) in [7, 11) is 0. The van der Waals surface area contributed by atoms with Crippen molar-refractivity contribution in [3.05, 3.63) is 46.2 Å². The molecule has 0 spiro atoms. The molecule has 0 fully saturated rings. The van der Waals surface area contributed by atoms with Crippen LogP contribution in [-0.2, 0) is 6.54 Å². The van der Waals surface area contributed by atoms with E-state index in [0.717, 1.165) is 10.9 Å². The molecule has 1 heterocycles. The lowest BCUT2D eigenvalue weighted by Crippen LogP contribution is -2.11. The second kappa shape index (κ2) is 5.23. The summed E-state index contributed by atoms with van der Waals surface area (Å²) in [6.45, 7) is 2.74. The highest BCUT2D eigenvalue weighted by atomic mass is 79.9. The monoisotopic (exact) mass is 293 g/mol. The lowest BCUT2D eigenvalue weighted by molar-refractivity contribution is 0.102. The quantitative estimate of drug-likeness (QED) is 0.815. The standard InChI is InChI=1S/C12H12BrN3O/c1-2-7-16-11(8-14-15-16)12(17)9-5-3-4-6-10(9)13/h3-6,8H,2,7H2,1H3. The first kappa shape index (κ1) is 12.0. The maximum absolute atomic E-state index is 12.3. The van der Waals surface area contributed by atoms with Crippen molar-refractivity contribution in [3.8, 4) is 0 Å².